The van der Waals surface area contributed by atoms with Crippen LogP contribution < -0.4 is 5.73 Å². The zero-order valence-corrected chi connectivity index (χ0v) is 8.04. The topological polar surface area (TPSA) is 76.2 Å². The predicted molar refractivity (Wildman–Crippen MR) is 54.5 cm³/mol. The van der Waals surface area contributed by atoms with E-state index in [1.165, 1.54) is 11.3 Å². The highest BCUT2D eigenvalue weighted by molar-refractivity contribution is 7.18. The minimum Gasteiger partial charge on any atom is -0.478 e. The van der Waals surface area contributed by atoms with E-state index >= 15 is 0 Å². The number of rotatable bonds is 2. The standard InChI is InChI=1S/C9H8N2O2S/c10-4-8-11-6-3-5(9(12)13)1-2-7(6)14-8/h1-3H,4,10H2,(H,12,13). The van der Waals surface area contributed by atoms with Crippen LogP contribution in [0.3, 0.4) is 0 Å². The normalized spacial score (nSPS) is 10.6. The van der Waals surface area contributed by atoms with E-state index in [1.807, 2.05) is 0 Å². The highest BCUT2D eigenvalue weighted by Crippen LogP contribution is 2.22. The number of fused-ring (bicyclic) bond motifs is 1. The van der Waals surface area contributed by atoms with Gasteiger partial charge in [0, 0.05) is 6.54 Å². The molecule has 0 atom stereocenters. The molecule has 0 amide bonds. The first-order valence-corrected chi connectivity index (χ1v) is 4.85. The van der Waals surface area contributed by atoms with Crippen molar-refractivity contribution in [3.63, 3.8) is 0 Å². The average Bonchev–Trinajstić information content (AvgIpc) is 2.58. The Labute approximate surface area is 84.0 Å². The Hall–Kier alpha value is -1.46. The molecule has 0 radical (unpaired) electrons. The number of benzene rings is 1. The molecule has 14 heavy (non-hydrogen) atoms. The number of hydrogen-bond acceptors (Lipinski definition) is 4. The second-order valence-electron chi connectivity index (χ2n) is 2.80. The molecule has 0 aliphatic heterocycles. The minimum atomic E-state index is -0.936. The molecule has 72 valence electrons. The Bertz CT molecular complexity index is 493. The zero-order chi connectivity index (χ0) is 10.1. The lowest BCUT2D eigenvalue weighted by atomic mass is 10.2. The number of carboxylic acid groups (broad SMARTS) is 1. The molecule has 0 saturated heterocycles. The van der Waals surface area contributed by atoms with Crippen LogP contribution in [0.15, 0.2) is 18.2 Å². The maximum atomic E-state index is 10.7. The van der Waals surface area contributed by atoms with Gasteiger partial charge in [-0.2, -0.15) is 0 Å². The Morgan fingerprint density at radius 3 is 3.00 bits per heavy atom. The van der Waals surface area contributed by atoms with Crippen LogP contribution in [-0.4, -0.2) is 16.1 Å². The number of nitrogens with zero attached hydrogens (tertiary/aromatic N) is 1. The summed E-state index contributed by atoms with van der Waals surface area (Å²) in [7, 11) is 0. The summed E-state index contributed by atoms with van der Waals surface area (Å²) in [5.41, 5.74) is 6.40. The summed E-state index contributed by atoms with van der Waals surface area (Å²) in [6.45, 7) is 0.391. The van der Waals surface area contributed by atoms with E-state index in [1.54, 1.807) is 18.2 Å². The van der Waals surface area contributed by atoms with Crippen LogP contribution in [0, 0.1) is 0 Å². The SMILES string of the molecule is NCc1nc2cc(C(=O)O)ccc2s1. The molecule has 0 spiro atoms. The molecule has 0 unspecified atom stereocenters. The first-order valence-electron chi connectivity index (χ1n) is 4.03. The number of carboxylic acids is 1. The average molecular weight is 208 g/mol. The Kier molecular flexibility index (Phi) is 2.18. The van der Waals surface area contributed by atoms with Crippen LogP contribution in [0.4, 0.5) is 0 Å². The summed E-state index contributed by atoms with van der Waals surface area (Å²) in [6.07, 6.45) is 0. The Morgan fingerprint density at radius 1 is 1.57 bits per heavy atom. The van der Waals surface area contributed by atoms with E-state index in [2.05, 4.69) is 4.98 Å². The lowest BCUT2D eigenvalue weighted by Gasteiger charge is -1.91. The van der Waals surface area contributed by atoms with Crippen molar-refractivity contribution in [2.45, 2.75) is 6.54 Å². The van der Waals surface area contributed by atoms with Gasteiger partial charge in [0.2, 0.25) is 0 Å². The zero-order valence-electron chi connectivity index (χ0n) is 7.23. The van der Waals surface area contributed by atoms with Gasteiger partial charge >= 0.3 is 5.97 Å². The summed E-state index contributed by atoms with van der Waals surface area (Å²) >= 11 is 1.49. The highest BCUT2D eigenvalue weighted by Gasteiger charge is 2.06. The van der Waals surface area contributed by atoms with Crippen LogP contribution in [0.25, 0.3) is 10.2 Å². The molecule has 1 heterocycles. The van der Waals surface area contributed by atoms with Gasteiger partial charge in [-0.15, -0.1) is 11.3 Å². The largest absolute Gasteiger partial charge is 0.478 e. The number of nitrogens with two attached hydrogens (primary N) is 1. The van der Waals surface area contributed by atoms with Crippen molar-refractivity contribution in [2.75, 3.05) is 0 Å². The van der Waals surface area contributed by atoms with Crippen molar-refractivity contribution in [1.29, 1.82) is 0 Å². The number of hydrogen-bond donors (Lipinski definition) is 2. The number of aromatic nitrogens is 1. The van der Waals surface area contributed by atoms with Crippen molar-refractivity contribution in [3.05, 3.63) is 28.8 Å². The Morgan fingerprint density at radius 2 is 2.36 bits per heavy atom. The smallest absolute Gasteiger partial charge is 0.335 e. The number of thiazole rings is 1. The molecule has 0 saturated carbocycles. The van der Waals surface area contributed by atoms with E-state index in [9.17, 15) is 4.79 Å². The van der Waals surface area contributed by atoms with Crippen molar-refractivity contribution in [1.82, 2.24) is 4.98 Å². The minimum absolute atomic E-state index is 0.256. The molecule has 5 heteroatoms. The van der Waals surface area contributed by atoms with Gasteiger partial charge in [0.25, 0.3) is 0 Å². The van der Waals surface area contributed by atoms with Gasteiger partial charge in [-0.1, -0.05) is 0 Å². The van der Waals surface area contributed by atoms with Crippen molar-refractivity contribution < 1.29 is 9.90 Å². The third kappa shape index (κ3) is 1.47. The molecular formula is C9H8N2O2S. The second-order valence-corrected chi connectivity index (χ2v) is 3.91. The van der Waals surface area contributed by atoms with Crippen LogP contribution in [0.1, 0.15) is 15.4 Å². The molecule has 0 aliphatic carbocycles. The predicted octanol–water partition coefficient (Wildman–Crippen LogP) is 1.45. The van der Waals surface area contributed by atoms with E-state index in [0.717, 1.165) is 9.71 Å². The fourth-order valence-electron chi connectivity index (χ4n) is 1.20. The molecule has 0 aliphatic rings. The van der Waals surface area contributed by atoms with E-state index in [4.69, 9.17) is 10.8 Å². The quantitative estimate of drug-likeness (QED) is 0.783. The van der Waals surface area contributed by atoms with Gasteiger partial charge in [0.05, 0.1) is 15.8 Å². The molecular weight excluding hydrogens is 200 g/mol. The fourth-order valence-corrected chi connectivity index (χ4v) is 2.02. The first-order chi connectivity index (χ1) is 6.70. The second kappa shape index (κ2) is 3.36. The molecule has 0 bridgehead atoms. The molecule has 4 nitrogen and oxygen atoms in total. The molecule has 1 aromatic carbocycles. The third-order valence-electron chi connectivity index (χ3n) is 1.85. The third-order valence-corrected chi connectivity index (χ3v) is 2.91. The van der Waals surface area contributed by atoms with Gasteiger partial charge in [-0.05, 0) is 18.2 Å². The number of carbonyl (C=O) groups is 1. The van der Waals surface area contributed by atoms with Gasteiger partial charge in [-0.25, -0.2) is 9.78 Å². The maximum Gasteiger partial charge on any atom is 0.335 e. The van der Waals surface area contributed by atoms with Crippen LogP contribution >= 0.6 is 11.3 Å². The van der Waals surface area contributed by atoms with Crippen LogP contribution in [0.2, 0.25) is 0 Å². The molecule has 3 N–H and O–H groups in total. The Balaban J connectivity index is 2.59. The summed E-state index contributed by atoms with van der Waals surface area (Å²) in [6, 6.07) is 4.89. The van der Waals surface area contributed by atoms with Gasteiger partial charge in [0.1, 0.15) is 5.01 Å². The van der Waals surface area contributed by atoms with E-state index in [-0.39, 0.29) is 5.56 Å². The monoisotopic (exact) mass is 208 g/mol. The number of aromatic carboxylic acids is 1. The summed E-state index contributed by atoms with van der Waals surface area (Å²) in [4.78, 5) is 14.9. The van der Waals surface area contributed by atoms with Gasteiger partial charge in [-0.3, -0.25) is 0 Å². The molecule has 2 rings (SSSR count). The summed E-state index contributed by atoms with van der Waals surface area (Å²) in [5.74, 6) is -0.936. The maximum absolute atomic E-state index is 10.7. The lowest BCUT2D eigenvalue weighted by Crippen LogP contribution is -1.95. The van der Waals surface area contributed by atoms with E-state index in [0.29, 0.717) is 12.1 Å². The lowest BCUT2D eigenvalue weighted by molar-refractivity contribution is 0.0697. The van der Waals surface area contributed by atoms with Gasteiger partial charge < -0.3 is 10.8 Å². The molecule has 2 aromatic rings. The summed E-state index contributed by atoms with van der Waals surface area (Å²) in [5, 5.41) is 9.58. The van der Waals surface area contributed by atoms with Crippen molar-refractivity contribution in [3.8, 4) is 0 Å². The summed E-state index contributed by atoms with van der Waals surface area (Å²) < 4.78 is 0.968. The highest BCUT2D eigenvalue weighted by atomic mass is 32.1. The van der Waals surface area contributed by atoms with Crippen molar-refractivity contribution >= 4 is 27.5 Å². The molecule has 0 fully saturated rings. The van der Waals surface area contributed by atoms with Gasteiger partial charge in [0.15, 0.2) is 0 Å². The molecule has 1 aromatic heterocycles. The first kappa shape index (κ1) is 9.11. The van der Waals surface area contributed by atoms with E-state index < -0.39 is 5.97 Å². The van der Waals surface area contributed by atoms with Crippen LogP contribution in [-0.2, 0) is 6.54 Å². The van der Waals surface area contributed by atoms with Crippen LogP contribution in [0.5, 0.6) is 0 Å². The fraction of sp³-hybridized carbons (Fsp3) is 0.111. The van der Waals surface area contributed by atoms with Crippen molar-refractivity contribution in [2.24, 2.45) is 5.73 Å².